The summed E-state index contributed by atoms with van der Waals surface area (Å²) >= 11 is 0. The van der Waals surface area contributed by atoms with Gasteiger partial charge in [0, 0.05) is 50.8 Å². The van der Waals surface area contributed by atoms with Crippen molar-refractivity contribution in [2.45, 2.75) is 32.3 Å². The summed E-state index contributed by atoms with van der Waals surface area (Å²) in [6.07, 6.45) is 2.40. The van der Waals surface area contributed by atoms with Gasteiger partial charge in [-0.25, -0.2) is 0 Å². The standard InChI is InChI=1S/C18H24N2O3/c1-13(21)19-10-7-14(8-11-19)18(22)20-12-9-17(23-2)15-5-3-4-6-16(15)20/h3-6,14,17H,7-12H2,1-2H3. The monoisotopic (exact) mass is 316 g/mol. The maximum absolute atomic E-state index is 13.0. The number of hydrogen-bond acceptors (Lipinski definition) is 3. The molecule has 2 heterocycles. The second-order valence-electron chi connectivity index (χ2n) is 6.34. The van der Waals surface area contributed by atoms with E-state index in [2.05, 4.69) is 0 Å². The number of hydrogen-bond donors (Lipinski definition) is 0. The average molecular weight is 316 g/mol. The largest absolute Gasteiger partial charge is 0.377 e. The molecule has 0 radical (unpaired) electrons. The van der Waals surface area contributed by atoms with Gasteiger partial charge in [-0.15, -0.1) is 0 Å². The Labute approximate surface area is 137 Å². The number of piperidine rings is 1. The van der Waals surface area contributed by atoms with Gasteiger partial charge in [-0.3, -0.25) is 9.59 Å². The lowest BCUT2D eigenvalue weighted by Crippen LogP contribution is -2.45. The van der Waals surface area contributed by atoms with Gasteiger partial charge in [0.2, 0.25) is 11.8 Å². The summed E-state index contributed by atoms with van der Waals surface area (Å²) in [4.78, 5) is 28.1. The van der Waals surface area contributed by atoms with Crippen molar-refractivity contribution >= 4 is 17.5 Å². The molecule has 1 fully saturated rings. The number of rotatable bonds is 2. The third kappa shape index (κ3) is 3.11. The molecule has 0 bridgehead atoms. The smallest absolute Gasteiger partial charge is 0.230 e. The minimum Gasteiger partial charge on any atom is -0.377 e. The first kappa shape index (κ1) is 16.0. The molecule has 2 aliphatic rings. The fourth-order valence-electron chi connectivity index (χ4n) is 3.66. The van der Waals surface area contributed by atoms with Crippen LogP contribution in [-0.2, 0) is 14.3 Å². The number of likely N-dealkylation sites (tertiary alicyclic amines) is 1. The van der Waals surface area contributed by atoms with Crippen LogP contribution in [0.1, 0.15) is 37.9 Å². The fraction of sp³-hybridized carbons (Fsp3) is 0.556. The van der Waals surface area contributed by atoms with Gasteiger partial charge < -0.3 is 14.5 Å². The maximum Gasteiger partial charge on any atom is 0.230 e. The number of carbonyl (C=O) groups excluding carboxylic acids is 2. The van der Waals surface area contributed by atoms with Gasteiger partial charge in [0.1, 0.15) is 0 Å². The normalized spacial score (nSPS) is 21.9. The number of nitrogens with zero attached hydrogens (tertiary/aromatic N) is 2. The minimum atomic E-state index is 0.0118. The molecule has 5 heteroatoms. The number of para-hydroxylation sites is 1. The van der Waals surface area contributed by atoms with Crippen molar-refractivity contribution in [1.29, 1.82) is 0 Å². The number of benzene rings is 1. The SMILES string of the molecule is COC1CCN(C(=O)C2CCN(C(C)=O)CC2)c2ccccc21. The zero-order valence-corrected chi connectivity index (χ0v) is 13.8. The van der Waals surface area contributed by atoms with Crippen molar-refractivity contribution in [3.63, 3.8) is 0 Å². The molecule has 0 aliphatic carbocycles. The number of methoxy groups -OCH3 is 1. The maximum atomic E-state index is 13.0. The van der Waals surface area contributed by atoms with E-state index in [4.69, 9.17) is 4.74 Å². The van der Waals surface area contributed by atoms with E-state index in [9.17, 15) is 9.59 Å². The molecule has 0 N–H and O–H groups in total. The zero-order chi connectivity index (χ0) is 16.4. The molecule has 1 aromatic carbocycles. The Morgan fingerprint density at radius 3 is 2.43 bits per heavy atom. The van der Waals surface area contributed by atoms with Crippen LogP contribution in [0.2, 0.25) is 0 Å². The molecule has 124 valence electrons. The molecule has 2 amide bonds. The first-order valence-corrected chi connectivity index (χ1v) is 8.30. The van der Waals surface area contributed by atoms with Crippen LogP contribution in [0, 0.1) is 5.92 Å². The lowest BCUT2D eigenvalue weighted by molar-refractivity contribution is -0.133. The molecule has 2 aliphatic heterocycles. The first-order chi connectivity index (χ1) is 11.1. The average Bonchev–Trinajstić information content (AvgIpc) is 2.60. The number of anilines is 1. The van der Waals surface area contributed by atoms with Crippen LogP contribution in [0.5, 0.6) is 0 Å². The summed E-state index contributed by atoms with van der Waals surface area (Å²) in [7, 11) is 1.72. The van der Waals surface area contributed by atoms with Crippen LogP contribution in [0.15, 0.2) is 24.3 Å². The summed E-state index contributed by atoms with van der Waals surface area (Å²) in [5.41, 5.74) is 2.07. The Morgan fingerprint density at radius 2 is 1.78 bits per heavy atom. The topological polar surface area (TPSA) is 49.9 Å². The highest BCUT2D eigenvalue weighted by atomic mass is 16.5. The number of fused-ring (bicyclic) bond motifs is 1. The Hall–Kier alpha value is -1.88. The van der Waals surface area contributed by atoms with Gasteiger partial charge in [0.25, 0.3) is 0 Å². The van der Waals surface area contributed by atoms with Crippen LogP contribution < -0.4 is 4.90 Å². The first-order valence-electron chi connectivity index (χ1n) is 8.30. The summed E-state index contributed by atoms with van der Waals surface area (Å²) in [5, 5.41) is 0. The molecule has 0 aromatic heterocycles. The van der Waals surface area contributed by atoms with Gasteiger partial charge in [-0.05, 0) is 25.3 Å². The third-order valence-corrected chi connectivity index (χ3v) is 5.03. The van der Waals surface area contributed by atoms with Crippen molar-refractivity contribution in [1.82, 2.24) is 4.90 Å². The summed E-state index contributed by atoms with van der Waals surface area (Å²) in [6.45, 7) is 3.65. The van der Waals surface area contributed by atoms with Crippen LogP contribution >= 0.6 is 0 Å². The third-order valence-electron chi connectivity index (χ3n) is 5.03. The second kappa shape index (κ2) is 6.71. The van der Waals surface area contributed by atoms with Gasteiger partial charge in [0.05, 0.1) is 6.10 Å². The van der Waals surface area contributed by atoms with E-state index < -0.39 is 0 Å². The van der Waals surface area contributed by atoms with Crippen LogP contribution in [0.4, 0.5) is 5.69 Å². The van der Waals surface area contributed by atoms with Crippen LogP contribution in [-0.4, -0.2) is 43.5 Å². The van der Waals surface area contributed by atoms with Gasteiger partial charge in [-0.2, -0.15) is 0 Å². The van der Waals surface area contributed by atoms with Crippen molar-refractivity contribution in [3.8, 4) is 0 Å². The second-order valence-corrected chi connectivity index (χ2v) is 6.34. The number of ether oxygens (including phenoxy) is 1. The lowest BCUT2D eigenvalue weighted by atomic mass is 9.92. The zero-order valence-electron chi connectivity index (χ0n) is 13.8. The van der Waals surface area contributed by atoms with Gasteiger partial charge in [-0.1, -0.05) is 18.2 Å². The summed E-state index contributed by atoms with van der Waals surface area (Å²) in [5.74, 6) is 0.301. The Bertz CT molecular complexity index is 594. The summed E-state index contributed by atoms with van der Waals surface area (Å²) in [6, 6.07) is 8.00. The predicted octanol–water partition coefficient (Wildman–Crippen LogP) is 2.37. The highest BCUT2D eigenvalue weighted by Gasteiger charge is 2.34. The molecule has 0 saturated carbocycles. The predicted molar refractivity (Wildman–Crippen MR) is 88.1 cm³/mol. The van der Waals surface area contributed by atoms with Crippen LogP contribution in [0.25, 0.3) is 0 Å². The molecule has 1 saturated heterocycles. The van der Waals surface area contributed by atoms with E-state index in [1.807, 2.05) is 34.1 Å². The highest BCUT2D eigenvalue weighted by molar-refractivity contribution is 5.96. The molecule has 0 spiro atoms. The molecule has 1 unspecified atom stereocenters. The molecule has 1 atom stereocenters. The van der Waals surface area contributed by atoms with Crippen molar-refractivity contribution in [3.05, 3.63) is 29.8 Å². The molecule has 5 nitrogen and oxygen atoms in total. The van der Waals surface area contributed by atoms with Crippen LogP contribution in [0.3, 0.4) is 0 Å². The lowest BCUT2D eigenvalue weighted by Gasteiger charge is -2.38. The van der Waals surface area contributed by atoms with Gasteiger partial charge >= 0.3 is 0 Å². The van der Waals surface area contributed by atoms with E-state index in [-0.39, 0.29) is 23.8 Å². The highest BCUT2D eigenvalue weighted by Crippen LogP contribution is 2.37. The van der Waals surface area contributed by atoms with Crippen molar-refractivity contribution < 1.29 is 14.3 Å². The van der Waals surface area contributed by atoms with Gasteiger partial charge in [0.15, 0.2) is 0 Å². The molecular weight excluding hydrogens is 292 g/mol. The Balaban J connectivity index is 1.75. The molecule has 3 rings (SSSR count). The van der Waals surface area contributed by atoms with E-state index in [1.165, 1.54) is 0 Å². The quantitative estimate of drug-likeness (QED) is 0.841. The van der Waals surface area contributed by atoms with E-state index >= 15 is 0 Å². The van der Waals surface area contributed by atoms with E-state index in [0.29, 0.717) is 19.6 Å². The van der Waals surface area contributed by atoms with E-state index in [0.717, 1.165) is 30.5 Å². The Kier molecular flexibility index (Phi) is 4.66. The number of amides is 2. The molecular formula is C18H24N2O3. The number of carbonyl (C=O) groups is 2. The van der Waals surface area contributed by atoms with Crippen molar-refractivity contribution in [2.24, 2.45) is 5.92 Å². The molecule has 1 aromatic rings. The minimum absolute atomic E-state index is 0.0118. The summed E-state index contributed by atoms with van der Waals surface area (Å²) < 4.78 is 5.55. The Morgan fingerprint density at radius 1 is 1.09 bits per heavy atom. The van der Waals surface area contributed by atoms with Crippen molar-refractivity contribution in [2.75, 3.05) is 31.6 Å². The fourth-order valence-corrected chi connectivity index (χ4v) is 3.66. The van der Waals surface area contributed by atoms with E-state index in [1.54, 1.807) is 14.0 Å². The molecule has 23 heavy (non-hydrogen) atoms.